The number of nitriles is 1. The van der Waals surface area contributed by atoms with Crippen molar-refractivity contribution in [3.63, 3.8) is 0 Å². The van der Waals surface area contributed by atoms with Crippen LogP contribution in [0.3, 0.4) is 0 Å². The molecule has 0 spiro atoms. The third-order valence-corrected chi connectivity index (χ3v) is 9.99. The first-order valence-corrected chi connectivity index (χ1v) is 16.1. The van der Waals surface area contributed by atoms with Crippen molar-refractivity contribution in [3.05, 3.63) is 65.0 Å². The minimum atomic E-state index is -5.63. The number of quaternary nitrogens is 2. The number of nitrogens with zero attached hydrogens (tertiary/aromatic N) is 1. The van der Waals surface area contributed by atoms with E-state index in [2.05, 4.69) is 11.5 Å². The summed E-state index contributed by atoms with van der Waals surface area (Å²) in [5.41, 5.74) is 8.23. The molecule has 0 saturated carbocycles. The van der Waals surface area contributed by atoms with Gasteiger partial charge in [0.15, 0.2) is 11.5 Å². The van der Waals surface area contributed by atoms with E-state index in [4.69, 9.17) is 14.7 Å². The van der Waals surface area contributed by atoms with Crippen LogP contribution in [0, 0.1) is 24.1 Å². The average molecular weight is 613 g/mol. The molecule has 3 aromatic rings. The van der Waals surface area contributed by atoms with Crippen LogP contribution in [0.15, 0.2) is 46.7 Å². The maximum absolute atomic E-state index is 14.1. The molecule has 1 heterocycles. The van der Waals surface area contributed by atoms with Crippen molar-refractivity contribution in [2.45, 2.75) is 29.8 Å². The van der Waals surface area contributed by atoms with Gasteiger partial charge in [0.2, 0.25) is 0 Å². The fourth-order valence-electron chi connectivity index (χ4n) is 3.64. The van der Waals surface area contributed by atoms with Crippen molar-refractivity contribution in [1.29, 1.82) is 5.26 Å². The molecular formula is C25H30FN4O7PS2. The van der Waals surface area contributed by atoms with Crippen molar-refractivity contribution >= 4 is 29.0 Å². The van der Waals surface area contributed by atoms with Crippen LogP contribution in [0.5, 0.6) is 11.5 Å². The number of hydrogen-bond donors (Lipinski definition) is 3. The molecular weight excluding hydrogens is 582 g/mol. The minimum Gasteiger partial charge on any atom is -0.809 e. The van der Waals surface area contributed by atoms with Gasteiger partial charge in [0.25, 0.3) is 10.0 Å². The van der Waals surface area contributed by atoms with Crippen LogP contribution in [0.25, 0.3) is 10.4 Å². The molecule has 0 radical (unpaired) electrons. The molecule has 0 fully saturated rings. The number of aryl methyl sites for hydroxylation is 1. The molecule has 2 aromatic carbocycles. The number of nitrogens with one attached hydrogen (secondary N) is 1. The summed E-state index contributed by atoms with van der Waals surface area (Å²) in [6, 6.07) is 10.6. The van der Waals surface area contributed by atoms with Gasteiger partial charge in [-0.15, -0.1) is 11.3 Å². The highest BCUT2D eigenvalue weighted by Crippen LogP contribution is 2.44. The van der Waals surface area contributed by atoms with Gasteiger partial charge in [0.05, 0.1) is 37.6 Å². The van der Waals surface area contributed by atoms with Gasteiger partial charge in [0.1, 0.15) is 16.1 Å². The second-order valence-electron chi connectivity index (χ2n) is 8.76. The molecule has 1 aromatic heterocycles. The maximum atomic E-state index is 14.1. The Morgan fingerprint density at radius 3 is 2.25 bits per heavy atom. The van der Waals surface area contributed by atoms with Crippen LogP contribution < -0.4 is 35.4 Å². The Labute approximate surface area is 235 Å². The van der Waals surface area contributed by atoms with Gasteiger partial charge < -0.3 is 35.3 Å². The highest BCUT2D eigenvalue weighted by Gasteiger charge is 2.27. The van der Waals surface area contributed by atoms with Gasteiger partial charge in [-0.25, -0.2) is 12.8 Å². The fourth-order valence-corrected chi connectivity index (χ4v) is 7.57. The largest absolute Gasteiger partial charge is 0.809 e. The zero-order valence-electron chi connectivity index (χ0n) is 21.7. The van der Waals surface area contributed by atoms with E-state index in [0.29, 0.717) is 54.3 Å². The van der Waals surface area contributed by atoms with E-state index in [1.807, 2.05) is 11.6 Å². The Balaban J connectivity index is 1.94. The molecule has 3 rings (SSSR count). The van der Waals surface area contributed by atoms with Crippen molar-refractivity contribution in [3.8, 4) is 28.0 Å². The van der Waals surface area contributed by atoms with Crippen LogP contribution in [0.4, 0.5) is 4.39 Å². The molecule has 11 nitrogen and oxygen atoms in total. The van der Waals surface area contributed by atoms with Crippen LogP contribution in [0.2, 0.25) is 0 Å². The first kappa shape index (κ1) is 31.7. The Morgan fingerprint density at radius 2 is 1.70 bits per heavy atom. The summed E-state index contributed by atoms with van der Waals surface area (Å²) in [5, 5.41) is 8.90. The number of rotatable bonds is 14. The molecule has 0 aliphatic rings. The van der Waals surface area contributed by atoms with Crippen molar-refractivity contribution in [1.82, 2.24) is 4.72 Å². The lowest BCUT2D eigenvalue weighted by atomic mass is 10.1. The standard InChI is InChI=1S/C25H30FN4O7PS2/c1-16-12-21(36-10-2-8-27)22(37-11-3-9-28)14-19(16)23-6-7-24(39-23)40(34,35)30-25(38(31,32)33)17-4-5-18(15-29)20(26)13-17/h4-7,12-14,25,30H,2-3,8-11,27-28H2,1H3,(H2,31,32,33). The van der Waals surface area contributed by atoms with E-state index < -0.39 is 34.8 Å². The zero-order valence-corrected chi connectivity index (χ0v) is 24.2. The third kappa shape index (κ3) is 7.87. The molecule has 40 heavy (non-hydrogen) atoms. The Kier molecular flexibility index (Phi) is 10.8. The molecule has 0 saturated heterocycles. The number of sulfonamides is 1. The fraction of sp³-hybridized carbons (Fsp3) is 0.320. The van der Waals surface area contributed by atoms with E-state index >= 15 is 0 Å². The highest BCUT2D eigenvalue weighted by molar-refractivity contribution is 7.92. The van der Waals surface area contributed by atoms with Crippen LogP contribution >= 0.6 is 18.9 Å². The minimum absolute atomic E-state index is 0.259. The van der Waals surface area contributed by atoms with Crippen LogP contribution in [-0.2, 0) is 14.6 Å². The normalized spacial score (nSPS) is 12.6. The molecule has 7 N–H and O–H groups in total. The molecule has 0 aliphatic heterocycles. The van der Waals surface area contributed by atoms with E-state index in [0.717, 1.165) is 41.9 Å². The second kappa shape index (κ2) is 13.7. The van der Waals surface area contributed by atoms with Crippen LogP contribution in [-0.4, -0.2) is 34.7 Å². The maximum Gasteiger partial charge on any atom is 0.250 e. The van der Waals surface area contributed by atoms with Crippen molar-refractivity contribution in [2.75, 3.05) is 26.3 Å². The Bertz CT molecular complexity index is 1540. The van der Waals surface area contributed by atoms with Gasteiger partial charge in [-0.1, -0.05) is 6.07 Å². The average Bonchev–Trinajstić information content (AvgIpc) is 3.39. The van der Waals surface area contributed by atoms with Crippen molar-refractivity contribution in [2.24, 2.45) is 0 Å². The number of hydrogen-bond acceptors (Lipinski definition) is 9. The van der Waals surface area contributed by atoms with E-state index in [-0.39, 0.29) is 9.77 Å². The van der Waals surface area contributed by atoms with Gasteiger partial charge in [-0.05, 0) is 67.6 Å². The molecule has 1 atom stereocenters. The number of ether oxygens (including phenoxy) is 2. The first-order chi connectivity index (χ1) is 18.9. The predicted molar refractivity (Wildman–Crippen MR) is 142 cm³/mol. The summed E-state index contributed by atoms with van der Waals surface area (Å²) in [6.45, 7) is 4.09. The topological polar surface area (TPSA) is 207 Å². The number of thiophene rings is 1. The summed E-state index contributed by atoms with van der Waals surface area (Å²) in [7, 11) is -10.2. The predicted octanol–water partition coefficient (Wildman–Crippen LogP) is 0.647. The van der Waals surface area contributed by atoms with Gasteiger partial charge >= 0.3 is 0 Å². The van der Waals surface area contributed by atoms with Crippen molar-refractivity contribution < 1.29 is 48.1 Å². The van der Waals surface area contributed by atoms with E-state index in [1.165, 1.54) is 6.07 Å². The highest BCUT2D eigenvalue weighted by atomic mass is 32.2. The lowest BCUT2D eigenvalue weighted by Gasteiger charge is -2.38. The summed E-state index contributed by atoms with van der Waals surface area (Å²) >= 11 is 0.853. The molecule has 1 unspecified atom stereocenters. The van der Waals surface area contributed by atoms with Gasteiger partial charge in [-0.2, -0.15) is 9.98 Å². The zero-order chi connectivity index (χ0) is 29.5. The SMILES string of the molecule is Cc1cc(OCCC[NH3+])c(OCCC[NH3+])cc1-c1ccc(S(=O)(=O)NC(c2ccc(C#N)c(F)c2)P(=O)([O-])[O-])s1. The Hall–Kier alpha value is -2.86. The summed E-state index contributed by atoms with van der Waals surface area (Å²) < 4.78 is 65.8. The lowest BCUT2D eigenvalue weighted by molar-refractivity contribution is -0.369. The molecule has 0 bridgehead atoms. The first-order valence-electron chi connectivity index (χ1n) is 12.2. The van der Waals surface area contributed by atoms with Gasteiger partial charge in [-0.3, -0.25) is 0 Å². The van der Waals surface area contributed by atoms with Crippen LogP contribution in [0.1, 0.15) is 35.3 Å². The summed E-state index contributed by atoms with van der Waals surface area (Å²) in [5.74, 6) is -2.34. The van der Waals surface area contributed by atoms with E-state index in [1.54, 1.807) is 24.3 Å². The van der Waals surface area contributed by atoms with E-state index in [9.17, 15) is 27.2 Å². The lowest BCUT2D eigenvalue weighted by Crippen LogP contribution is -2.50. The number of benzene rings is 2. The molecule has 0 amide bonds. The molecule has 216 valence electrons. The quantitative estimate of drug-likeness (QED) is 0.174. The van der Waals surface area contributed by atoms with Gasteiger partial charge in [0, 0.05) is 17.7 Å². The third-order valence-electron chi connectivity index (χ3n) is 5.72. The smallest absolute Gasteiger partial charge is 0.250 e. The second-order valence-corrected chi connectivity index (χ2v) is 13.4. The molecule has 0 aliphatic carbocycles. The Morgan fingerprint density at radius 1 is 1.07 bits per heavy atom. The monoisotopic (exact) mass is 612 g/mol. The molecule has 15 heteroatoms. The summed E-state index contributed by atoms with van der Waals surface area (Å²) in [6.07, 6.45) is 1.48. The summed E-state index contributed by atoms with van der Waals surface area (Å²) in [4.78, 5) is 24.5. The number of halogens is 1.